The first-order valence-electron chi connectivity index (χ1n) is 7.04. The van der Waals surface area contributed by atoms with E-state index in [1.165, 1.54) is 26.8 Å². The van der Waals surface area contributed by atoms with Crippen molar-refractivity contribution < 1.29 is 4.74 Å². The fourth-order valence-electron chi connectivity index (χ4n) is 2.97. The van der Waals surface area contributed by atoms with Crippen molar-refractivity contribution in [2.75, 3.05) is 6.61 Å². The molecule has 106 valence electrons. The van der Waals surface area contributed by atoms with E-state index >= 15 is 0 Å². The van der Waals surface area contributed by atoms with Gasteiger partial charge in [-0.3, -0.25) is 5.84 Å². The number of rotatable bonds is 3. The Hall–Kier alpha value is -1.88. The zero-order chi connectivity index (χ0) is 14.2. The molecule has 21 heavy (non-hydrogen) atoms. The molecule has 0 bridgehead atoms. The Morgan fingerprint density at radius 2 is 2.10 bits per heavy atom. The number of fused-ring (bicyclic) bond motifs is 2. The Bertz CT molecular complexity index is 796. The topological polar surface area (TPSA) is 47.3 Å². The van der Waals surface area contributed by atoms with Gasteiger partial charge in [0.1, 0.15) is 5.75 Å². The highest BCUT2D eigenvalue weighted by molar-refractivity contribution is 7.17. The predicted molar refractivity (Wildman–Crippen MR) is 86.6 cm³/mol. The lowest BCUT2D eigenvalue weighted by Crippen LogP contribution is -2.28. The molecule has 1 atom stereocenters. The quantitative estimate of drug-likeness (QED) is 0.575. The molecule has 1 aliphatic rings. The lowest BCUT2D eigenvalue weighted by Gasteiger charge is -2.17. The van der Waals surface area contributed by atoms with Crippen LogP contribution in [0.15, 0.2) is 47.8 Å². The van der Waals surface area contributed by atoms with E-state index in [9.17, 15) is 0 Å². The number of hydrogen-bond donors (Lipinski definition) is 2. The first kappa shape index (κ1) is 12.8. The highest BCUT2D eigenvalue weighted by Crippen LogP contribution is 2.35. The molecule has 1 aliphatic heterocycles. The molecule has 0 radical (unpaired) electrons. The summed E-state index contributed by atoms with van der Waals surface area (Å²) in [5, 5.41) is 3.46. The molecular formula is C17H16N2OS. The van der Waals surface area contributed by atoms with Crippen LogP contribution in [-0.2, 0) is 6.42 Å². The molecule has 3 aromatic rings. The Balaban J connectivity index is 1.81. The van der Waals surface area contributed by atoms with Gasteiger partial charge < -0.3 is 4.74 Å². The van der Waals surface area contributed by atoms with E-state index in [0.29, 0.717) is 0 Å². The van der Waals surface area contributed by atoms with Crippen LogP contribution in [-0.4, -0.2) is 6.61 Å². The summed E-state index contributed by atoms with van der Waals surface area (Å²) in [7, 11) is 0. The number of benzene rings is 2. The van der Waals surface area contributed by atoms with Crippen LogP contribution in [0.2, 0.25) is 0 Å². The summed E-state index contributed by atoms with van der Waals surface area (Å²) in [5.41, 5.74) is 6.66. The van der Waals surface area contributed by atoms with Crippen LogP contribution in [0.25, 0.3) is 10.1 Å². The largest absolute Gasteiger partial charge is 0.493 e. The van der Waals surface area contributed by atoms with E-state index in [0.717, 1.165) is 18.8 Å². The summed E-state index contributed by atoms with van der Waals surface area (Å²) >= 11 is 1.76. The van der Waals surface area contributed by atoms with Crippen LogP contribution in [0.5, 0.6) is 5.75 Å². The van der Waals surface area contributed by atoms with Crippen LogP contribution in [0.3, 0.4) is 0 Å². The first-order valence-corrected chi connectivity index (χ1v) is 7.92. The molecule has 2 heterocycles. The van der Waals surface area contributed by atoms with Crippen LogP contribution in [0, 0.1) is 0 Å². The monoisotopic (exact) mass is 296 g/mol. The predicted octanol–water partition coefficient (Wildman–Crippen LogP) is 3.39. The van der Waals surface area contributed by atoms with Gasteiger partial charge in [0.2, 0.25) is 0 Å². The van der Waals surface area contributed by atoms with Gasteiger partial charge in [0.15, 0.2) is 0 Å². The van der Waals surface area contributed by atoms with E-state index in [1.807, 2.05) is 0 Å². The van der Waals surface area contributed by atoms with Crippen molar-refractivity contribution >= 4 is 21.4 Å². The van der Waals surface area contributed by atoms with Crippen LogP contribution in [0.4, 0.5) is 0 Å². The molecule has 0 saturated carbocycles. The lowest BCUT2D eigenvalue weighted by molar-refractivity contribution is 0.357. The van der Waals surface area contributed by atoms with Gasteiger partial charge in [-0.15, -0.1) is 11.3 Å². The maximum absolute atomic E-state index is 5.86. The maximum Gasteiger partial charge on any atom is 0.122 e. The summed E-state index contributed by atoms with van der Waals surface area (Å²) in [4.78, 5) is 0. The summed E-state index contributed by atoms with van der Waals surface area (Å²) in [5.74, 6) is 6.86. The molecule has 0 saturated heterocycles. The van der Waals surface area contributed by atoms with Gasteiger partial charge in [0.05, 0.1) is 12.6 Å². The second-order valence-electron chi connectivity index (χ2n) is 5.25. The standard InChI is InChI=1S/C17H16N2OS/c18-19-17(12-5-6-15-11(9-12)7-8-20-15)14-10-21-16-4-2-1-3-13(14)16/h1-6,9-10,17,19H,7-8,18H2. The third kappa shape index (κ3) is 2.12. The summed E-state index contributed by atoms with van der Waals surface area (Å²) < 4.78 is 6.87. The minimum atomic E-state index is 0.00653. The fraction of sp³-hybridized carbons (Fsp3) is 0.176. The van der Waals surface area contributed by atoms with Crippen molar-refractivity contribution in [1.29, 1.82) is 0 Å². The van der Waals surface area contributed by atoms with E-state index < -0.39 is 0 Å². The fourth-order valence-corrected chi connectivity index (χ4v) is 3.96. The van der Waals surface area contributed by atoms with Crippen molar-refractivity contribution in [2.45, 2.75) is 12.5 Å². The normalized spacial score (nSPS) is 14.9. The minimum Gasteiger partial charge on any atom is -0.493 e. The molecule has 0 fully saturated rings. The SMILES string of the molecule is NNC(c1ccc2c(c1)CCO2)c1csc2ccccc12. The molecule has 1 aromatic heterocycles. The number of nitrogens with two attached hydrogens (primary N) is 1. The highest BCUT2D eigenvalue weighted by Gasteiger charge is 2.19. The van der Waals surface area contributed by atoms with Crippen molar-refractivity contribution in [3.63, 3.8) is 0 Å². The second kappa shape index (κ2) is 5.15. The molecule has 3 nitrogen and oxygen atoms in total. The summed E-state index contributed by atoms with van der Waals surface area (Å²) in [6.45, 7) is 0.779. The highest BCUT2D eigenvalue weighted by atomic mass is 32.1. The first-order chi connectivity index (χ1) is 10.4. The van der Waals surface area contributed by atoms with Crippen molar-refractivity contribution in [3.8, 4) is 5.75 Å². The third-order valence-electron chi connectivity index (χ3n) is 4.04. The lowest BCUT2D eigenvalue weighted by atomic mass is 9.96. The molecular weight excluding hydrogens is 280 g/mol. The summed E-state index contributed by atoms with van der Waals surface area (Å²) in [6, 6.07) is 14.8. The Kier molecular flexibility index (Phi) is 3.15. The van der Waals surface area contributed by atoms with E-state index in [-0.39, 0.29) is 6.04 Å². The van der Waals surface area contributed by atoms with Crippen molar-refractivity contribution in [3.05, 3.63) is 64.5 Å². The molecule has 0 amide bonds. The van der Waals surface area contributed by atoms with Crippen LogP contribution in [0.1, 0.15) is 22.7 Å². The van der Waals surface area contributed by atoms with E-state index in [2.05, 4.69) is 53.3 Å². The average Bonchev–Trinajstić information content (AvgIpc) is 3.15. The minimum absolute atomic E-state index is 0.00653. The van der Waals surface area contributed by atoms with Crippen molar-refractivity contribution in [1.82, 2.24) is 5.43 Å². The smallest absolute Gasteiger partial charge is 0.122 e. The number of thiophene rings is 1. The van der Waals surface area contributed by atoms with Crippen molar-refractivity contribution in [2.24, 2.45) is 5.84 Å². The number of ether oxygens (including phenoxy) is 1. The molecule has 0 spiro atoms. The van der Waals surface area contributed by atoms with Gasteiger partial charge in [-0.2, -0.15) is 0 Å². The third-order valence-corrected chi connectivity index (χ3v) is 5.02. The van der Waals surface area contributed by atoms with E-state index in [4.69, 9.17) is 10.6 Å². The number of hydrazine groups is 1. The van der Waals surface area contributed by atoms with E-state index in [1.54, 1.807) is 11.3 Å². The zero-order valence-electron chi connectivity index (χ0n) is 11.5. The Labute approximate surface area is 127 Å². The van der Waals surface area contributed by atoms with Gasteiger partial charge in [-0.1, -0.05) is 30.3 Å². The summed E-state index contributed by atoms with van der Waals surface area (Å²) in [6.07, 6.45) is 0.977. The van der Waals surface area contributed by atoms with Crippen LogP contribution < -0.4 is 16.0 Å². The van der Waals surface area contributed by atoms with Gasteiger partial charge in [-0.25, -0.2) is 5.43 Å². The molecule has 0 aliphatic carbocycles. The number of hydrogen-bond acceptors (Lipinski definition) is 4. The van der Waals surface area contributed by atoms with Crippen LogP contribution >= 0.6 is 11.3 Å². The van der Waals surface area contributed by atoms with Gasteiger partial charge in [0.25, 0.3) is 0 Å². The van der Waals surface area contributed by atoms with Gasteiger partial charge in [-0.05, 0) is 39.6 Å². The maximum atomic E-state index is 5.86. The molecule has 3 N–H and O–H groups in total. The average molecular weight is 296 g/mol. The molecule has 2 aromatic carbocycles. The Morgan fingerprint density at radius 1 is 1.19 bits per heavy atom. The Morgan fingerprint density at radius 3 is 3.00 bits per heavy atom. The molecule has 1 unspecified atom stereocenters. The number of nitrogens with one attached hydrogen (secondary N) is 1. The molecule has 4 heteroatoms. The zero-order valence-corrected chi connectivity index (χ0v) is 12.3. The van der Waals surface area contributed by atoms with Gasteiger partial charge in [0, 0.05) is 11.1 Å². The second-order valence-corrected chi connectivity index (χ2v) is 6.16. The van der Waals surface area contributed by atoms with Gasteiger partial charge >= 0.3 is 0 Å². The molecule has 4 rings (SSSR count).